The van der Waals surface area contributed by atoms with Crippen LogP contribution in [0.15, 0.2) is 4.42 Å². The minimum Gasteiger partial charge on any atom is -0.481 e. The molecule has 1 aliphatic rings. The molecule has 2 rings (SSSR count). The highest BCUT2D eigenvalue weighted by Crippen LogP contribution is 2.29. The van der Waals surface area contributed by atoms with Crippen LogP contribution in [0.5, 0.6) is 0 Å². The fraction of sp³-hybridized carbons (Fsp3) is 0.533. The van der Waals surface area contributed by atoms with Crippen molar-refractivity contribution in [1.29, 1.82) is 0 Å². The molecule has 1 aromatic heterocycles. The Morgan fingerprint density at radius 1 is 1.33 bits per heavy atom. The molecule has 1 heterocycles. The minimum absolute atomic E-state index is 0.00224. The number of aryl methyl sites for hydroxylation is 1. The van der Waals surface area contributed by atoms with Gasteiger partial charge in [0.05, 0.1) is 11.0 Å². The van der Waals surface area contributed by atoms with Crippen LogP contribution >= 0.6 is 0 Å². The summed E-state index contributed by atoms with van der Waals surface area (Å²) in [5, 5.41) is 11.6. The maximum absolute atomic E-state index is 12.2. The number of nitrogens with one attached hydrogen (secondary N) is 1. The summed E-state index contributed by atoms with van der Waals surface area (Å²) < 4.78 is 5.51. The van der Waals surface area contributed by atoms with Crippen molar-refractivity contribution in [3.8, 4) is 0 Å². The molecule has 0 saturated carbocycles. The summed E-state index contributed by atoms with van der Waals surface area (Å²) in [6, 6.07) is 0. The van der Waals surface area contributed by atoms with Crippen molar-refractivity contribution in [2.24, 2.45) is 5.41 Å². The summed E-state index contributed by atoms with van der Waals surface area (Å²) in [5.41, 5.74) is -0.00443. The number of carboxylic acid groups (broad SMARTS) is 1. The second kappa shape index (κ2) is 5.35. The summed E-state index contributed by atoms with van der Waals surface area (Å²) in [6.45, 7) is 4.72. The largest absolute Gasteiger partial charge is 0.481 e. The van der Waals surface area contributed by atoms with Crippen LogP contribution in [0.25, 0.3) is 0 Å². The van der Waals surface area contributed by atoms with E-state index in [4.69, 9.17) is 9.52 Å². The second-order valence-electron chi connectivity index (χ2n) is 6.00. The van der Waals surface area contributed by atoms with Gasteiger partial charge in [0.15, 0.2) is 11.5 Å². The Hall–Kier alpha value is -2.11. The number of carbonyl (C=O) groups excluding carboxylic acids is 2. The molecule has 2 N–H and O–H groups in total. The molecule has 1 aliphatic carbocycles. The number of fused-ring (bicyclic) bond motifs is 1. The molecular weight excluding hydrogens is 274 g/mol. The molecular formula is C15H19NO5. The van der Waals surface area contributed by atoms with Crippen molar-refractivity contribution >= 4 is 17.7 Å². The van der Waals surface area contributed by atoms with Gasteiger partial charge in [0, 0.05) is 24.9 Å². The standard InChI is InChI=1S/C15H19NO5/c1-8-11-9(17)5-4-6-10(11)21-12(8)13(18)16-7-15(2,3)14(19)20/h4-7H2,1-3H3,(H,16,18)(H,19,20). The topological polar surface area (TPSA) is 96.6 Å². The molecule has 1 aromatic rings. The maximum atomic E-state index is 12.2. The van der Waals surface area contributed by atoms with Crippen molar-refractivity contribution in [2.45, 2.75) is 40.0 Å². The van der Waals surface area contributed by atoms with E-state index in [0.717, 1.165) is 6.42 Å². The zero-order valence-corrected chi connectivity index (χ0v) is 12.4. The lowest BCUT2D eigenvalue weighted by Crippen LogP contribution is -2.39. The molecule has 0 unspecified atom stereocenters. The van der Waals surface area contributed by atoms with Gasteiger partial charge in [-0.25, -0.2) is 0 Å². The number of hydrogen-bond acceptors (Lipinski definition) is 4. The quantitative estimate of drug-likeness (QED) is 0.884. The van der Waals surface area contributed by atoms with Gasteiger partial charge < -0.3 is 14.8 Å². The average Bonchev–Trinajstić information content (AvgIpc) is 2.75. The van der Waals surface area contributed by atoms with Crippen LogP contribution in [0.3, 0.4) is 0 Å². The molecule has 114 valence electrons. The van der Waals surface area contributed by atoms with Gasteiger partial charge in [-0.15, -0.1) is 0 Å². The molecule has 0 atom stereocenters. The van der Waals surface area contributed by atoms with Gasteiger partial charge in [0.2, 0.25) is 0 Å². The molecule has 6 heteroatoms. The third kappa shape index (κ3) is 2.84. The van der Waals surface area contributed by atoms with Gasteiger partial charge in [0.25, 0.3) is 5.91 Å². The van der Waals surface area contributed by atoms with Gasteiger partial charge in [-0.3, -0.25) is 14.4 Å². The number of hydrogen-bond donors (Lipinski definition) is 2. The summed E-state index contributed by atoms with van der Waals surface area (Å²) in [4.78, 5) is 35.0. The van der Waals surface area contributed by atoms with E-state index in [9.17, 15) is 14.4 Å². The summed E-state index contributed by atoms with van der Waals surface area (Å²) in [7, 11) is 0. The van der Waals surface area contributed by atoms with Crippen molar-refractivity contribution in [1.82, 2.24) is 5.32 Å². The zero-order valence-electron chi connectivity index (χ0n) is 12.4. The van der Waals surface area contributed by atoms with E-state index in [1.54, 1.807) is 6.92 Å². The summed E-state index contributed by atoms with van der Waals surface area (Å²) in [6.07, 6.45) is 1.85. The first-order valence-corrected chi connectivity index (χ1v) is 6.91. The Labute approximate surface area is 122 Å². The van der Waals surface area contributed by atoms with E-state index >= 15 is 0 Å². The van der Waals surface area contributed by atoms with Crippen molar-refractivity contribution in [3.05, 3.63) is 22.6 Å². The predicted octanol–water partition coefficient (Wildman–Crippen LogP) is 1.95. The lowest BCUT2D eigenvalue weighted by atomic mass is 9.93. The fourth-order valence-corrected chi connectivity index (χ4v) is 2.32. The Kier molecular flexibility index (Phi) is 3.89. The van der Waals surface area contributed by atoms with Crippen molar-refractivity contribution < 1.29 is 23.9 Å². The van der Waals surface area contributed by atoms with E-state index in [1.807, 2.05) is 0 Å². The molecule has 0 bridgehead atoms. The van der Waals surface area contributed by atoms with Crippen LogP contribution in [-0.2, 0) is 11.2 Å². The number of ketones is 1. The van der Waals surface area contributed by atoms with Crippen LogP contribution in [0.4, 0.5) is 0 Å². The molecule has 6 nitrogen and oxygen atoms in total. The first kappa shape index (κ1) is 15.3. The van der Waals surface area contributed by atoms with Crippen LogP contribution in [-0.4, -0.2) is 29.3 Å². The number of Topliss-reactive ketones (excluding diaryl/α,β-unsaturated/α-hetero) is 1. The Bertz CT molecular complexity index is 612. The van der Waals surface area contributed by atoms with E-state index in [1.165, 1.54) is 13.8 Å². The molecule has 0 aromatic carbocycles. The van der Waals surface area contributed by atoms with E-state index < -0.39 is 17.3 Å². The lowest BCUT2D eigenvalue weighted by Gasteiger charge is -2.19. The number of aliphatic carboxylic acids is 1. The van der Waals surface area contributed by atoms with E-state index in [0.29, 0.717) is 29.7 Å². The van der Waals surface area contributed by atoms with Crippen molar-refractivity contribution in [3.63, 3.8) is 0 Å². The number of furan rings is 1. The van der Waals surface area contributed by atoms with Crippen LogP contribution in [0.1, 0.15) is 58.9 Å². The van der Waals surface area contributed by atoms with Crippen molar-refractivity contribution in [2.75, 3.05) is 6.54 Å². The lowest BCUT2D eigenvalue weighted by molar-refractivity contribution is -0.146. The summed E-state index contributed by atoms with van der Waals surface area (Å²) >= 11 is 0. The summed E-state index contributed by atoms with van der Waals surface area (Å²) in [5.74, 6) is -0.803. The first-order valence-electron chi connectivity index (χ1n) is 6.91. The Morgan fingerprint density at radius 3 is 2.57 bits per heavy atom. The van der Waals surface area contributed by atoms with Gasteiger partial charge in [-0.05, 0) is 27.2 Å². The molecule has 0 spiro atoms. The molecule has 0 radical (unpaired) electrons. The van der Waals surface area contributed by atoms with Crippen LogP contribution in [0.2, 0.25) is 0 Å². The number of carboxylic acids is 1. The van der Waals surface area contributed by atoms with Gasteiger partial charge in [-0.1, -0.05) is 0 Å². The maximum Gasteiger partial charge on any atom is 0.310 e. The smallest absolute Gasteiger partial charge is 0.310 e. The van der Waals surface area contributed by atoms with Gasteiger partial charge in [-0.2, -0.15) is 0 Å². The molecule has 0 fully saturated rings. The fourth-order valence-electron chi connectivity index (χ4n) is 2.32. The highest BCUT2D eigenvalue weighted by atomic mass is 16.4. The Morgan fingerprint density at radius 2 is 2.00 bits per heavy atom. The number of carbonyl (C=O) groups is 3. The van der Waals surface area contributed by atoms with E-state index in [-0.39, 0.29) is 18.1 Å². The normalized spacial score (nSPS) is 14.7. The SMILES string of the molecule is Cc1c(C(=O)NCC(C)(C)C(=O)O)oc2c1C(=O)CCC2. The zero-order chi connectivity index (χ0) is 15.8. The highest BCUT2D eigenvalue weighted by Gasteiger charge is 2.31. The average molecular weight is 293 g/mol. The molecule has 0 aliphatic heterocycles. The van der Waals surface area contributed by atoms with Crippen LogP contribution in [0, 0.1) is 12.3 Å². The molecule has 1 amide bonds. The van der Waals surface area contributed by atoms with Gasteiger partial charge >= 0.3 is 5.97 Å². The third-order valence-electron chi connectivity index (χ3n) is 3.78. The van der Waals surface area contributed by atoms with Crippen LogP contribution < -0.4 is 5.32 Å². The highest BCUT2D eigenvalue weighted by molar-refractivity contribution is 6.03. The second-order valence-corrected chi connectivity index (χ2v) is 6.00. The Balaban J connectivity index is 2.18. The van der Waals surface area contributed by atoms with E-state index in [2.05, 4.69) is 5.32 Å². The number of amides is 1. The number of rotatable bonds is 4. The monoisotopic (exact) mass is 293 g/mol. The first-order chi connectivity index (χ1) is 9.74. The predicted molar refractivity (Wildman–Crippen MR) is 74.5 cm³/mol. The third-order valence-corrected chi connectivity index (χ3v) is 3.78. The minimum atomic E-state index is -1.06. The van der Waals surface area contributed by atoms with Gasteiger partial charge in [0.1, 0.15) is 5.76 Å². The molecule has 0 saturated heterocycles. The molecule has 21 heavy (non-hydrogen) atoms.